The Hall–Kier alpha value is -2.13. The lowest BCUT2D eigenvalue weighted by molar-refractivity contribution is -0.150. The number of ether oxygens (including phenoxy) is 1. The van der Waals surface area contributed by atoms with E-state index in [1.807, 2.05) is 0 Å². The molecule has 10 nitrogen and oxygen atoms in total. The molecule has 0 aliphatic rings. The molecule has 0 rings (SSSR count). The number of rotatable bonds is 6. The first-order valence-corrected chi connectivity index (χ1v) is 5.30. The van der Waals surface area contributed by atoms with Gasteiger partial charge in [0.1, 0.15) is 0 Å². The van der Waals surface area contributed by atoms with Crippen molar-refractivity contribution in [2.45, 2.75) is 18.2 Å². The van der Waals surface area contributed by atoms with Crippen LogP contribution in [-0.2, 0) is 9.53 Å². The Bertz CT molecular complexity index is 390. The van der Waals surface area contributed by atoms with Crippen molar-refractivity contribution in [3.05, 3.63) is 0 Å². The van der Waals surface area contributed by atoms with Gasteiger partial charge >= 0.3 is 11.6 Å². The summed E-state index contributed by atoms with van der Waals surface area (Å²) in [6, 6.07) is 0. The molecule has 0 amide bonds. The van der Waals surface area contributed by atoms with Crippen molar-refractivity contribution in [2.75, 3.05) is 35.3 Å². The molecule has 106 valence electrons. The van der Waals surface area contributed by atoms with Crippen LogP contribution in [-0.4, -0.2) is 52.6 Å². The standard InChI is InChI=1S/C9H18N8O2/c1-8(14-10-2,15-11-3)9(16-12-4,17-13-5)7(18)19-6/h1-6H3. The molecule has 0 aliphatic heterocycles. The lowest BCUT2D eigenvalue weighted by Gasteiger charge is -2.30. The molecule has 10 heteroatoms. The molecule has 0 N–H and O–H groups in total. The summed E-state index contributed by atoms with van der Waals surface area (Å²) in [6.07, 6.45) is 0. The third-order valence-electron chi connectivity index (χ3n) is 2.21. The molecule has 0 saturated heterocycles. The van der Waals surface area contributed by atoms with E-state index in [-0.39, 0.29) is 0 Å². The van der Waals surface area contributed by atoms with Gasteiger partial charge in [0.2, 0.25) is 5.66 Å². The first kappa shape index (κ1) is 16.9. The Labute approximate surface area is 111 Å². The van der Waals surface area contributed by atoms with Crippen LogP contribution in [0.1, 0.15) is 6.92 Å². The van der Waals surface area contributed by atoms with Crippen LogP contribution in [0, 0.1) is 0 Å². The number of carbonyl (C=O) groups is 1. The zero-order valence-corrected chi connectivity index (χ0v) is 11.9. The van der Waals surface area contributed by atoms with E-state index in [1.54, 1.807) is 0 Å². The molecule has 0 heterocycles. The zero-order chi connectivity index (χ0) is 14.9. The summed E-state index contributed by atoms with van der Waals surface area (Å²) in [5.41, 5.74) is -3.44. The Morgan fingerprint density at radius 2 is 1.21 bits per heavy atom. The topological polar surface area (TPSA) is 125 Å². The maximum Gasteiger partial charge on any atom is 0.365 e. The van der Waals surface area contributed by atoms with Crippen molar-refractivity contribution in [3.63, 3.8) is 0 Å². The van der Waals surface area contributed by atoms with Crippen LogP contribution < -0.4 is 0 Å². The highest BCUT2D eigenvalue weighted by Gasteiger charge is 2.59. The van der Waals surface area contributed by atoms with E-state index in [0.29, 0.717) is 0 Å². The minimum Gasteiger partial charge on any atom is -0.466 e. The minimum atomic E-state index is -1.90. The lowest BCUT2D eigenvalue weighted by atomic mass is 9.97. The van der Waals surface area contributed by atoms with Crippen LogP contribution in [0.4, 0.5) is 0 Å². The van der Waals surface area contributed by atoms with Crippen molar-refractivity contribution in [3.8, 4) is 0 Å². The average molecular weight is 270 g/mol. The third kappa shape index (κ3) is 3.20. The largest absolute Gasteiger partial charge is 0.466 e. The van der Waals surface area contributed by atoms with E-state index < -0.39 is 17.3 Å². The Kier molecular flexibility index (Phi) is 6.51. The molecule has 0 fully saturated rings. The summed E-state index contributed by atoms with van der Waals surface area (Å²) in [6.45, 7) is 1.48. The molecule has 0 aromatic carbocycles. The minimum absolute atomic E-state index is 0.814. The average Bonchev–Trinajstić information content (AvgIpc) is 2.37. The van der Waals surface area contributed by atoms with Gasteiger partial charge in [-0.15, -0.1) is 10.2 Å². The highest BCUT2D eigenvalue weighted by Crippen LogP contribution is 2.35. The monoisotopic (exact) mass is 270 g/mol. The van der Waals surface area contributed by atoms with Gasteiger partial charge < -0.3 is 4.74 Å². The van der Waals surface area contributed by atoms with Gasteiger partial charge in [0.15, 0.2) is 0 Å². The van der Waals surface area contributed by atoms with Gasteiger partial charge in [-0.25, -0.2) is 4.79 Å². The fraction of sp³-hybridized carbons (Fsp3) is 0.889. The van der Waals surface area contributed by atoms with Crippen LogP contribution in [0.25, 0.3) is 0 Å². The fourth-order valence-corrected chi connectivity index (χ4v) is 1.47. The second-order valence-corrected chi connectivity index (χ2v) is 3.38. The number of nitrogens with zero attached hydrogens (tertiary/aromatic N) is 8. The Balaban J connectivity index is 6.26. The highest BCUT2D eigenvalue weighted by atomic mass is 16.5. The quantitative estimate of drug-likeness (QED) is 0.540. The van der Waals surface area contributed by atoms with E-state index in [9.17, 15) is 4.79 Å². The summed E-state index contributed by atoms with van der Waals surface area (Å²) < 4.78 is 4.71. The van der Waals surface area contributed by atoms with Crippen LogP contribution in [0.2, 0.25) is 0 Å². The normalized spacial score (nSPS) is 19.3. The summed E-state index contributed by atoms with van der Waals surface area (Å²) in [5, 5.41) is 29.8. The number of hydrogen-bond donors (Lipinski definition) is 0. The highest BCUT2D eigenvalue weighted by molar-refractivity contribution is 5.82. The van der Waals surface area contributed by atoms with Crippen molar-refractivity contribution in [2.24, 2.45) is 40.9 Å². The van der Waals surface area contributed by atoms with Gasteiger partial charge in [0, 0.05) is 28.2 Å². The molecule has 0 aliphatic carbocycles. The molecule has 0 aromatic rings. The number of carbonyl (C=O) groups excluding carboxylic acids is 1. The second kappa shape index (κ2) is 7.34. The zero-order valence-electron chi connectivity index (χ0n) is 11.9. The van der Waals surface area contributed by atoms with Crippen LogP contribution in [0.3, 0.4) is 0 Å². The molecule has 19 heavy (non-hydrogen) atoms. The van der Waals surface area contributed by atoms with Crippen molar-refractivity contribution in [1.82, 2.24) is 0 Å². The predicted molar refractivity (Wildman–Crippen MR) is 66.3 cm³/mol. The van der Waals surface area contributed by atoms with Gasteiger partial charge in [0.05, 0.1) is 7.11 Å². The van der Waals surface area contributed by atoms with Gasteiger partial charge in [-0.3, -0.25) is 0 Å². The SMILES string of the molecule is CN=NC(C)(N=NC)C(N=NC)(N=NC)C(=O)OC. The van der Waals surface area contributed by atoms with Crippen molar-refractivity contribution >= 4 is 5.97 Å². The molecule has 0 aromatic heterocycles. The maximum atomic E-state index is 12.1. The number of azo groups is 4. The molecule has 0 radical (unpaired) electrons. The van der Waals surface area contributed by atoms with E-state index in [4.69, 9.17) is 4.74 Å². The molecular weight excluding hydrogens is 252 g/mol. The third-order valence-corrected chi connectivity index (χ3v) is 2.21. The van der Waals surface area contributed by atoms with Gasteiger partial charge in [-0.2, -0.15) is 30.7 Å². The molecule has 0 bridgehead atoms. The van der Waals surface area contributed by atoms with Crippen LogP contribution in [0.5, 0.6) is 0 Å². The summed E-state index contributed by atoms with van der Waals surface area (Å²) >= 11 is 0. The second-order valence-electron chi connectivity index (χ2n) is 3.38. The summed E-state index contributed by atoms with van der Waals surface area (Å²) in [5.74, 6) is -0.814. The van der Waals surface area contributed by atoms with Gasteiger partial charge in [0.25, 0.3) is 0 Å². The van der Waals surface area contributed by atoms with E-state index in [0.717, 1.165) is 0 Å². The Morgan fingerprint density at radius 1 is 0.842 bits per heavy atom. The number of methoxy groups -OCH3 is 1. The maximum absolute atomic E-state index is 12.1. The molecule has 0 saturated carbocycles. The first-order valence-electron chi connectivity index (χ1n) is 5.30. The van der Waals surface area contributed by atoms with Crippen molar-refractivity contribution in [1.29, 1.82) is 0 Å². The van der Waals surface area contributed by atoms with E-state index >= 15 is 0 Å². The molecule has 0 unspecified atom stereocenters. The summed E-state index contributed by atoms with van der Waals surface area (Å²) in [4.78, 5) is 12.1. The summed E-state index contributed by atoms with van der Waals surface area (Å²) in [7, 11) is 6.82. The Morgan fingerprint density at radius 3 is 1.47 bits per heavy atom. The van der Waals surface area contributed by atoms with Gasteiger partial charge in [-0.1, -0.05) is 0 Å². The van der Waals surface area contributed by atoms with E-state index in [1.165, 1.54) is 42.2 Å². The molecule has 0 spiro atoms. The van der Waals surface area contributed by atoms with Crippen LogP contribution >= 0.6 is 0 Å². The molecular formula is C9H18N8O2. The number of esters is 1. The predicted octanol–water partition coefficient (Wildman–Crippen LogP) is 1.90. The smallest absolute Gasteiger partial charge is 0.365 e. The fourth-order valence-electron chi connectivity index (χ4n) is 1.47. The van der Waals surface area contributed by atoms with E-state index in [2.05, 4.69) is 40.9 Å². The molecule has 0 atom stereocenters. The number of hydrogen-bond acceptors (Lipinski definition) is 10. The van der Waals surface area contributed by atoms with Crippen LogP contribution in [0.15, 0.2) is 40.9 Å². The lowest BCUT2D eigenvalue weighted by Crippen LogP contribution is -2.53. The van der Waals surface area contributed by atoms with Gasteiger partial charge in [-0.05, 0) is 6.92 Å². The van der Waals surface area contributed by atoms with Crippen molar-refractivity contribution < 1.29 is 9.53 Å². The first-order chi connectivity index (χ1) is 8.97.